The van der Waals surface area contributed by atoms with Gasteiger partial charge in [-0.3, -0.25) is 9.69 Å². The molecule has 52 heavy (non-hydrogen) atoms. The molecule has 4 aromatic rings. The van der Waals surface area contributed by atoms with Crippen molar-refractivity contribution in [2.45, 2.75) is 65.5 Å². The minimum Gasteiger partial charge on any atom is -0.450 e. The number of ether oxygens (including phenoxy) is 1. The first kappa shape index (κ1) is 38.2. The maximum Gasteiger partial charge on any atom is 0.219 e. The summed E-state index contributed by atoms with van der Waals surface area (Å²) in [5.74, 6) is 4.05. The molecule has 2 atom stereocenters. The van der Waals surface area contributed by atoms with E-state index in [2.05, 4.69) is 73.5 Å². The van der Waals surface area contributed by atoms with Gasteiger partial charge in [0.25, 0.3) is 0 Å². The fourth-order valence-electron chi connectivity index (χ4n) is 7.56. The summed E-state index contributed by atoms with van der Waals surface area (Å²) in [7, 11) is 0. The Morgan fingerprint density at radius 3 is 2.73 bits per heavy atom. The second-order valence-electron chi connectivity index (χ2n) is 13.6. The first-order chi connectivity index (χ1) is 25.2. The molecule has 2 fully saturated rings. The van der Waals surface area contributed by atoms with Gasteiger partial charge in [-0.25, -0.2) is 14.4 Å². The van der Waals surface area contributed by atoms with Crippen LogP contribution in [0.1, 0.15) is 62.3 Å². The number of nitrogens with zero attached hydrogens (tertiary/aromatic N) is 6. The van der Waals surface area contributed by atoms with Crippen molar-refractivity contribution in [1.29, 1.82) is 5.26 Å². The van der Waals surface area contributed by atoms with Crippen LogP contribution in [0.3, 0.4) is 0 Å². The summed E-state index contributed by atoms with van der Waals surface area (Å²) in [6, 6.07) is 12.8. The molecule has 1 amide bonds. The van der Waals surface area contributed by atoms with Gasteiger partial charge in [-0.2, -0.15) is 5.26 Å². The van der Waals surface area contributed by atoms with Crippen LogP contribution < -0.4 is 15.0 Å². The molecule has 11 heteroatoms. The topological polar surface area (TPSA) is 99.3 Å². The Kier molecular flexibility index (Phi) is 12.8. The third-order valence-electron chi connectivity index (χ3n) is 10.3. The average molecular weight is 722 g/mol. The number of piperidine rings is 1. The Morgan fingerprint density at radius 2 is 1.98 bits per heavy atom. The van der Waals surface area contributed by atoms with Gasteiger partial charge in [0.15, 0.2) is 11.6 Å². The largest absolute Gasteiger partial charge is 0.450 e. The molecule has 9 nitrogen and oxygen atoms in total. The van der Waals surface area contributed by atoms with Crippen molar-refractivity contribution < 1.29 is 13.9 Å². The van der Waals surface area contributed by atoms with Gasteiger partial charge in [0.2, 0.25) is 5.91 Å². The van der Waals surface area contributed by atoms with Gasteiger partial charge in [0.05, 0.1) is 11.2 Å². The van der Waals surface area contributed by atoms with Gasteiger partial charge in [0, 0.05) is 67.9 Å². The third-order valence-corrected chi connectivity index (χ3v) is 10.6. The zero-order valence-corrected chi connectivity index (χ0v) is 30.6. The molecule has 2 unspecified atom stereocenters. The normalized spacial score (nSPS) is 17.6. The molecule has 2 aromatic carbocycles. The second-order valence-corrected chi connectivity index (χ2v) is 14.0. The van der Waals surface area contributed by atoms with Gasteiger partial charge in [-0.1, -0.05) is 24.6 Å². The van der Waals surface area contributed by atoms with Crippen LogP contribution in [0.4, 0.5) is 10.2 Å². The molecular formula is C41H45ClFN7O2. The Hall–Kier alpha value is -5.08. The van der Waals surface area contributed by atoms with E-state index in [-0.39, 0.29) is 22.3 Å². The van der Waals surface area contributed by atoms with Crippen molar-refractivity contribution in [1.82, 2.24) is 24.8 Å². The number of amides is 1. The molecule has 2 aliphatic rings. The molecule has 6 rings (SSSR count). The fraction of sp³-hybridized carbons (Fsp3) is 0.415. The standard InChI is InChI=1S/C39H43ClFN7O2.C2H2/c1-4-28(11-15-44-37(49)5-2)12-17-48-31(21-42)20-32-27(3)29(7-9-34(32)48)23-46-16-6-13-39(24-46)14-18-47(25-39)38-36(22-43-26-45-38)50-35-10-8-30(41)19-33(35)40;1-2/h1,7-10,19-20,22,26,28H,5-6,11-18,23-25H2,2-3H3,(H,44,49);1-2H. The van der Waals surface area contributed by atoms with Crippen LogP contribution in [0.15, 0.2) is 48.9 Å². The number of likely N-dealkylation sites (tertiary alicyclic amines) is 1. The summed E-state index contributed by atoms with van der Waals surface area (Å²) < 4.78 is 21.8. The number of carbonyl (C=O) groups excluding carboxylic acids is 1. The molecule has 2 aromatic heterocycles. The summed E-state index contributed by atoms with van der Waals surface area (Å²) in [6.07, 6.45) is 22.2. The number of nitriles is 1. The van der Waals surface area contributed by atoms with Crippen molar-refractivity contribution in [3.63, 3.8) is 0 Å². The number of halogens is 2. The number of terminal acetylenes is 2. The molecule has 0 aliphatic carbocycles. The van der Waals surface area contributed by atoms with Crippen LogP contribution in [0.5, 0.6) is 11.5 Å². The molecule has 0 bridgehead atoms. The Bertz CT molecular complexity index is 2000. The summed E-state index contributed by atoms with van der Waals surface area (Å²) in [6.45, 7) is 9.73. The number of benzene rings is 2. The lowest BCUT2D eigenvalue weighted by Crippen LogP contribution is -2.44. The minimum atomic E-state index is -0.424. The summed E-state index contributed by atoms with van der Waals surface area (Å²) >= 11 is 6.25. The van der Waals surface area contributed by atoms with Crippen molar-refractivity contribution in [2.75, 3.05) is 37.6 Å². The van der Waals surface area contributed by atoms with E-state index in [1.807, 2.05) is 13.0 Å². The Morgan fingerprint density at radius 1 is 1.15 bits per heavy atom. The molecule has 2 aliphatic heterocycles. The van der Waals surface area contributed by atoms with Crippen LogP contribution in [0.2, 0.25) is 5.02 Å². The number of hydrogen-bond acceptors (Lipinski definition) is 7. The quantitative estimate of drug-likeness (QED) is 0.151. The average Bonchev–Trinajstić information content (AvgIpc) is 3.74. The van der Waals surface area contributed by atoms with E-state index >= 15 is 0 Å². The first-order valence-corrected chi connectivity index (χ1v) is 18.1. The lowest BCUT2D eigenvalue weighted by Gasteiger charge is -2.40. The van der Waals surface area contributed by atoms with E-state index in [1.165, 1.54) is 35.7 Å². The van der Waals surface area contributed by atoms with E-state index < -0.39 is 5.82 Å². The summed E-state index contributed by atoms with van der Waals surface area (Å²) in [4.78, 5) is 25.2. The predicted octanol–water partition coefficient (Wildman–Crippen LogP) is 7.49. The first-order valence-electron chi connectivity index (χ1n) is 17.7. The monoisotopic (exact) mass is 721 g/mol. The summed E-state index contributed by atoms with van der Waals surface area (Å²) in [5, 5.41) is 14.2. The number of nitrogens with one attached hydrogen (secondary N) is 1. The third kappa shape index (κ3) is 8.68. The predicted molar refractivity (Wildman–Crippen MR) is 203 cm³/mol. The highest BCUT2D eigenvalue weighted by Crippen LogP contribution is 2.43. The second kappa shape index (κ2) is 17.4. The number of carbonyl (C=O) groups is 1. The number of hydrogen-bond donors (Lipinski definition) is 1. The Balaban J connectivity index is 0.00000257. The van der Waals surface area contributed by atoms with Crippen LogP contribution in [-0.2, 0) is 17.9 Å². The van der Waals surface area contributed by atoms with E-state index in [4.69, 9.17) is 22.8 Å². The lowest BCUT2D eigenvalue weighted by molar-refractivity contribution is -0.120. The van der Waals surface area contributed by atoms with E-state index in [0.29, 0.717) is 48.9 Å². The zero-order chi connectivity index (χ0) is 37.3. The van der Waals surface area contributed by atoms with E-state index in [9.17, 15) is 14.4 Å². The molecular weight excluding hydrogens is 677 g/mol. The molecule has 0 saturated carbocycles. The molecule has 4 heterocycles. The van der Waals surface area contributed by atoms with Crippen LogP contribution in [0, 0.1) is 60.6 Å². The highest BCUT2D eigenvalue weighted by atomic mass is 35.5. The Labute approximate surface area is 311 Å². The zero-order valence-electron chi connectivity index (χ0n) is 29.9. The molecule has 1 spiro atoms. The fourth-order valence-corrected chi connectivity index (χ4v) is 7.77. The number of aryl methyl sites for hydroxylation is 2. The van der Waals surface area contributed by atoms with Crippen molar-refractivity contribution in [2.24, 2.45) is 11.3 Å². The lowest BCUT2D eigenvalue weighted by atomic mass is 9.79. The van der Waals surface area contributed by atoms with E-state index in [1.54, 1.807) is 6.20 Å². The van der Waals surface area contributed by atoms with Gasteiger partial charge in [0.1, 0.15) is 29.7 Å². The van der Waals surface area contributed by atoms with Gasteiger partial charge in [-0.15, -0.1) is 25.2 Å². The maximum absolute atomic E-state index is 13.6. The highest BCUT2D eigenvalue weighted by Gasteiger charge is 2.42. The molecule has 270 valence electrons. The van der Waals surface area contributed by atoms with Crippen molar-refractivity contribution in [3.8, 4) is 42.8 Å². The van der Waals surface area contributed by atoms with Crippen LogP contribution in [0.25, 0.3) is 10.9 Å². The highest BCUT2D eigenvalue weighted by molar-refractivity contribution is 6.32. The van der Waals surface area contributed by atoms with Gasteiger partial charge < -0.3 is 19.5 Å². The molecule has 1 N–H and O–H groups in total. The number of anilines is 1. The van der Waals surface area contributed by atoms with Gasteiger partial charge >= 0.3 is 0 Å². The van der Waals surface area contributed by atoms with Crippen LogP contribution in [-0.4, -0.2) is 58.1 Å². The number of aromatic nitrogens is 3. The van der Waals surface area contributed by atoms with Crippen molar-refractivity contribution >= 4 is 34.2 Å². The SMILES string of the molecule is C#C.C#CC(CCNC(=O)CC)CCn1c(C#N)cc2c(C)c(CN3CCCC4(CCN(c5ncncc5Oc5ccc(F)cc5Cl)C4)C3)ccc21. The number of rotatable bonds is 12. The molecule has 0 radical (unpaired) electrons. The van der Waals surface area contributed by atoms with Gasteiger partial charge in [-0.05, 0) is 87.0 Å². The maximum atomic E-state index is 13.6. The minimum absolute atomic E-state index is 0.0104. The summed E-state index contributed by atoms with van der Waals surface area (Å²) in [5.41, 5.74) is 4.26. The van der Waals surface area contributed by atoms with E-state index in [0.717, 1.165) is 69.3 Å². The molecule has 2 saturated heterocycles. The number of fused-ring (bicyclic) bond motifs is 1. The smallest absolute Gasteiger partial charge is 0.219 e. The van der Waals surface area contributed by atoms with Crippen molar-refractivity contribution in [3.05, 3.63) is 76.6 Å². The van der Waals surface area contributed by atoms with Crippen LogP contribution >= 0.6 is 11.6 Å².